The van der Waals surface area contributed by atoms with Gasteiger partial charge in [-0.1, -0.05) is 18.2 Å². The minimum Gasteiger partial charge on any atom is -0.496 e. The third-order valence-corrected chi connectivity index (χ3v) is 3.30. The van der Waals surface area contributed by atoms with E-state index < -0.39 is 12.1 Å². The van der Waals surface area contributed by atoms with Crippen molar-refractivity contribution < 1.29 is 14.6 Å². The van der Waals surface area contributed by atoms with Crippen molar-refractivity contribution in [2.75, 3.05) is 19.0 Å². The van der Waals surface area contributed by atoms with Crippen LogP contribution in [0.4, 0.5) is 9.93 Å². The van der Waals surface area contributed by atoms with Gasteiger partial charge in [-0.3, -0.25) is 5.32 Å². The van der Waals surface area contributed by atoms with Crippen LogP contribution >= 0.6 is 11.3 Å². The highest BCUT2D eigenvalue weighted by Gasteiger charge is 2.14. The maximum absolute atomic E-state index is 11.6. The average molecular weight is 293 g/mol. The molecule has 0 aliphatic rings. The molecule has 0 saturated heterocycles. The Morgan fingerprint density at radius 1 is 1.50 bits per heavy atom. The fourth-order valence-electron chi connectivity index (χ4n) is 1.67. The molecule has 3 N–H and O–H groups in total. The highest BCUT2D eigenvalue weighted by atomic mass is 32.1. The maximum Gasteiger partial charge on any atom is 0.321 e. The molecule has 2 aromatic rings. The lowest BCUT2D eigenvalue weighted by molar-refractivity contribution is 0.171. The second-order valence-electron chi connectivity index (χ2n) is 3.93. The van der Waals surface area contributed by atoms with E-state index in [1.807, 2.05) is 6.07 Å². The summed E-state index contributed by atoms with van der Waals surface area (Å²) in [4.78, 5) is 15.5. The van der Waals surface area contributed by atoms with Crippen molar-refractivity contribution in [3.8, 4) is 5.75 Å². The van der Waals surface area contributed by atoms with Crippen LogP contribution in [0.15, 0.2) is 35.8 Å². The number of aromatic nitrogens is 1. The topological polar surface area (TPSA) is 83.5 Å². The number of benzene rings is 1. The van der Waals surface area contributed by atoms with Crippen LogP contribution in [0.5, 0.6) is 5.75 Å². The molecule has 1 aromatic heterocycles. The van der Waals surface area contributed by atoms with E-state index in [-0.39, 0.29) is 6.54 Å². The molecule has 7 heteroatoms. The molecule has 1 aromatic carbocycles. The van der Waals surface area contributed by atoms with Crippen LogP contribution in [0.3, 0.4) is 0 Å². The zero-order chi connectivity index (χ0) is 14.4. The Labute approximate surface area is 120 Å². The van der Waals surface area contributed by atoms with Gasteiger partial charge in [-0.15, -0.1) is 11.3 Å². The normalized spacial score (nSPS) is 11.7. The third-order valence-electron chi connectivity index (χ3n) is 2.61. The Bertz CT molecular complexity index is 560. The van der Waals surface area contributed by atoms with Crippen molar-refractivity contribution in [3.63, 3.8) is 0 Å². The van der Waals surface area contributed by atoms with Gasteiger partial charge >= 0.3 is 6.03 Å². The lowest BCUT2D eigenvalue weighted by atomic mass is 10.1. The molecule has 1 unspecified atom stereocenters. The first-order valence-corrected chi connectivity index (χ1v) is 6.84. The minimum atomic E-state index is -0.840. The number of rotatable bonds is 5. The molecule has 1 heterocycles. The van der Waals surface area contributed by atoms with Crippen molar-refractivity contribution in [1.29, 1.82) is 0 Å². The molecule has 0 radical (unpaired) electrons. The first-order valence-electron chi connectivity index (χ1n) is 5.96. The van der Waals surface area contributed by atoms with Crippen molar-refractivity contribution in [2.45, 2.75) is 6.10 Å². The van der Waals surface area contributed by atoms with E-state index in [2.05, 4.69) is 15.6 Å². The highest BCUT2D eigenvalue weighted by Crippen LogP contribution is 2.24. The van der Waals surface area contributed by atoms with Gasteiger partial charge in [-0.25, -0.2) is 9.78 Å². The number of aliphatic hydroxyl groups is 1. The summed E-state index contributed by atoms with van der Waals surface area (Å²) in [5.41, 5.74) is 0.629. The summed E-state index contributed by atoms with van der Waals surface area (Å²) in [6.07, 6.45) is 0.762. The standard InChI is InChI=1S/C13H15N3O3S/c1-19-11-5-3-2-4-9(11)10(17)8-15-12(18)16-13-14-6-7-20-13/h2-7,10,17H,8H2,1H3,(H2,14,15,16,18). The second-order valence-corrected chi connectivity index (χ2v) is 4.82. The SMILES string of the molecule is COc1ccccc1C(O)CNC(=O)Nc1nccs1. The van der Waals surface area contributed by atoms with Gasteiger partial charge in [-0.2, -0.15) is 0 Å². The molecule has 0 spiro atoms. The van der Waals surface area contributed by atoms with Gasteiger partial charge in [0.05, 0.1) is 13.2 Å². The largest absolute Gasteiger partial charge is 0.496 e. The number of anilines is 1. The first-order chi connectivity index (χ1) is 9.70. The van der Waals surface area contributed by atoms with E-state index in [9.17, 15) is 9.90 Å². The number of para-hydroxylation sites is 1. The monoisotopic (exact) mass is 293 g/mol. The van der Waals surface area contributed by atoms with Crippen LogP contribution in [0, 0.1) is 0 Å². The van der Waals surface area contributed by atoms with E-state index in [0.29, 0.717) is 16.4 Å². The number of urea groups is 1. The van der Waals surface area contributed by atoms with Crippen molar-refractivity contribution in [2.24, 2.45) is 0 Å². The first kappa shape index (κ1) is 14.3. The minimum absolute atomic E-state index is 0.0809. The number of hydrogen-bond donors (Lipinski definition) is 3. The number of amides is 2. The summed E-state index contributed by atoms with van der Waals surface area (Å²) in [7, 11) is 1.54. The molecule has 1 atom stereocenters. The molecule has 2 amide bonds. The van der Waals surface area contributed by atoms with Crippen molar-refractivity contribution in [3.05, 3.63) is 41.4 Å². The average Bonchev–Trinajstić information content (AvgIpc) is 2.97. The van der Waals surface area contributed by atoms with Crippen molar-refractivity contribution in [1.82, 2.24) is 10.3 Å². The zero-order valence-electron chi connectivity index (χ0n) is 10.9. The summed E-state index contributed by atoms with van der Waals surface area (Å²) < 4.78 is 5.16. The molecule has 0 bridgehead atoms. The number of hydrogen-bond acceptors (Lipinski definition) is 5. The molecule has 0 fully saturated rings. The fraction of sp³-hybridized carbons (Fsp3) is 0.231. The summed E-state index contributed by atoms with van der Waals surface area (Å²) in [5.74, 6) is 0.585. The molecule has 20 heavy (non-hydrogen) atoms. The van der Waals surface area contributed by atoms with E-state index in [0.717, 1.165) is 0 Å². The quantitative estimate of drug-likeness (QED) is 0.787. The molecular formula is C13H15N3O3S. The molecule has 0 aliphatic carbocycles. The zero-order valence-corrected chi connectivity index (χ0v) is 11.7. The lowest BCUT2D eigenvalue weighted by Crippen LogP contribution is -2.32. The molecule has 0 saturated carbocycles. The van der Waals surface area contributed by atoms with Crippen LogP contribution in [0.1, 0.15) is 11.7 Å². The molecular weight excluding hydrogens is 278 g/mol. The van der Waals surface area contributed by atoms with E-state index in [1.54, 1.807) is 29.8 Å². The summed E-state index contributed by atoms with van der Waals surface area (Å²) >= 11 is 1.32. The van der Waals surface area contributed by atoms with Gasteiger partial charge in [0.25, 0.3) is 0 Å². The second kappa shape index (κ2) is 6.88. The van der Waals surface area contributed by atoms with Crippen LogP contribution in [0.25, 0.3) is 0 Å². The number of nitrogens with one attached hydrogen (secondary N) is 2. The molecule has 106 valence electrons. The van der Waals surface area contributed by atoms with Gasteiger partial charge in [0.15, 0.2) is 5.13 Å². The number of nitrogens with zero attached hydrogens (tertiary/aromatic N) is 1. The predicted octanol–water partition coefficient (Wildman–Crippen LogP) is 2.01. The van der Waals surface area contributed by atoms with Gasteiger partial charge in [0, 0.05) is 23.7 Å². The van der Waals surface area contributed by atoms with E-state index >= 15 is 0 Å². The Kier molecular flexibility index (Phi) is 4.91. The van der Waals surface area contributed by atoms with Crippen molar-refractivity contribution >= 4 is 22.5 Å². The number of ether oxygens (including phenoxy) is 1. The predicted molar refractivity (Wildman–Crippen MR) is 77.1 cm³/mol. The van der Waals surface area contributed by atoms with Crippen LogP contribution in [-0.4, -0.2) is 29.8 Å². The van der Waals surface area contributed by atoms with Gasteiger partial charge in [0.2, 0.25) is 0 Å². The van der Waals surface area contributed by atoms with Gasteiger partial charge in [-0.05, 0) is 6.07 Å². The number of thiazole rings is 1. The Morgan fingerprint density at radius 3 is 3.00 bits per heavy atom. The third kappa shape index (κ3) is 3.69. The highest BCUT2D eigenvalue weighted by molar-refractivity contribution is 7.13. The maximum atomic E-state index is 11.6. The number of aliphatic hydroxyl groups excluding tert-OH is 1. The van der Waals surface area contributed by atoms with E-state index in [4.69, 9.17) is 4.74 Å². The summed E-state index contributed by atoms with van der Waals surface area (Å²) in [6, 6.07) is 6.72. The molecule has 2 rings (SSSR count). The summed E-state index contributed by atoms with van der Waals surface area (Å²) in [6.45, 7) is 0.0809. The Hall–Kier alpha value is -2.12. The van der Waals surface area contributed by atoms with Crippen LogP contribution in [0.2, 0.25) is 0 Å². The van der Waals surface area contributed by atoms with Gasteiger partial charge < -0.3 is 15.2 Å². The number of carbonyl (C=O) groups excluding carboxylic acids is 1. The Balaban J connectivity index is 1.88. The van der Waals surface area contributed by atoms with Crippen LogP contribution in [-0.2, 0) is 0 Å². The molecule has 0 aliphatic heterocycles. The fourth-order valence-corrected chi connectivity index (χ4v) is 2.19. The number of carbonyl (C=O) groups is 1. The smallest absolute Gasteiger partial charge is 0.321 e. The van der Waals surface area contributed by atoms with Gasteiger partial charge in [0.1, 0.15) is 5.75 Å². The molecule has 6 nitrogen and oxygen atoms in total. The summed E-state index contributed by atoms with van der Waals surface area (Å²) in [5, 5.41) is 17.5. The van der Waals surface area contributed by atoms with Crippen LogP contribution < -0.4 is 15.4 Å². The Morgan fingerprint density at radius 2 is 2.30 bits per heavy atom. The van der Waals surface area contributed by atoms with E-state index in [1.165, 1.54) is 18.4 Å². The number of methoxy groups -OCH3 is 1. The lowest BCUT2D eigenvalue weighted by Gasteiger charge is -2.15.